The van der Waals surface area contributed by atoms with Crippen LogP contribution in [0.2, 0.25) is 0 Å². The van der Waals surface area contributed by atoms with Crippen LogP contribution in [0.1, 0.15) is 20.3 Å². The van der Waals surface area contributed by atoms with Crippen LogP contribution in [0.25, 0.3) is 11.4 Å². The van der Waals surface area contributed by atoms with Crippen molar-refractivity contribution in [1.29, 1.82) is 0 Å². The maximum absolute atomic E-state index is 12.7. The largest absolute Gasteiger partial charge is 0.337 e. The predicted octanol–water partition coefficient (Wildman–Crippen LogP) is 2.50. The zero-order chi connectivity index (χ0) is 17.3. The number of nitrogens with zero attached hydrogens (tertiary/aromatic N) is 4. The van der Waals surface area contributed by atoms with E-state index in [1.807, 2.05) is 0 Å². The monoisotopic (exact) mass is 328 g/mol. The van der Waals surface area contributed by atoms with Crippen molar-refractivity contribution in [2.24, 2.45) is 0 Å². The molecule has 126 valence electrons. The summed E-state index contributed by atoms with van der Waals surface area (Å²) < 4.78 is 3.15. The molecule has 0 atom stereocenters. The summed E-state index contributed by atoms with van der Waals surface area (Å²) in [6.07, 6.45) is 6.46. The third-order valence-electron chi connectivity index (χ3n) is 4.32. The van der Waals surface area contributed by atoms with Gasteiger partial charge >= 0.3 is 5.69 Å². The highest BCUT2D eigenvalue weighted by atomic mass is 16.6. The number of aromatic nitrogens is 2. The Labute approximate surface area is 139 Å². The minimum absolute atomic E-state index is 0.00814. The number of hydrogen-bond acceptors (Lipinski definition) is 4. The minimum atomic E-state index is -0.453. The number of imidazole rings is 1. The van der Waals surface area contributed by atoms with Gasteiger partial charge in [-0.25, -0.2) is 4.79 Å². The van der Waals surface area contributed by atoms with E-state index in [1.54, 1.807) is 29.1 Å². The van der Waals surface area contributed by atoms with Crippen molar-refractivity contribution < 1.29 is 4.92 Å². The molecule has 0 spiro atoms. The molecule has 3 rings (SSSR count). The van der Waals surface area contributed by atoms with Crippen molar-refractivity contribution in [2.75, 3.05) is 13.1 Å². The van der Waals surface area contributed by atoms with Gasteiger partial charge in [-0.3, -0.25) is 24.1 Å². The van der Waals surface area contributed by atoms with Crippen LogP contribution in [0, 0.1) is 10.1 Å². The molecule has 0 unspecified atom stereocenters. The van der Waals surface area contributed by atoms with Crippen molar-refractivity contribution in [1.82, 2.24) is 14.0 Å². The van der Waals surface area contributed by atoms with Crippen molar-refractivity contribution in [3.8, 4) is 5.69 Å². The molecule has 0 bridgehead atoms. The van der Waals surface area contributed by atoms with Crippen LogP contribution in [0.15, 0.2) is 47.5 Å². The lowest BCUT2D eigenvalue weighted by Crippen LogP contribution is -2.38. The highest BCUT2D eigenvalue weighted by molar-refractivity contribution is 5.49. The summed E-state index contributed by atoms with van der Waals surface area (Å²) in [6.45, 7) is 6.03. The Morgan fingerprint density at radius 3 is 2.42 bits per heavy atom. The molecule has 2 heterocycles. The molecular formula is C17H20N4O3. The quantitative estimate of drug-likeness (QED) is 0.638. The van der Waals surface area contributed by atoms with E-state index >= 15 is 0 Å². The van der Waals surface area contributed by atoms with Crippen LogP contribution in [0.4, 0.5) is 5.69 Å². The van der Waals surface area contributed by atoms with E-state index in [2.05, 4.69) is 24.8 Å². The van der Waals surface area contributed by atoms with Crippen LogP contribution in [0.5, 0.6) is 0 Å². The highest BCUT2D eigenvalue weighted by Crippen LogP contribution is 2.17. The molecule has 7 heteroatoms. The van der Waals surface area contributed by atoms with Crippen LogP contribution in [-0.4, -0.2) is 38.1 Å². The Hall–Kier alpha value is -2.67. The molecule has 0 saturated carbocycles. The van der Waals surface area contributed by atoms with Gasteiger partial charge in [0.1, 0.15) is 0 Å². The van der Waals surface area contributed by atoms with Gasteiger partial charge in [-0.15, -0.1) is 0 Å². The normalized spacial score (nSPS) is 15.5. The summed E-state index contributed by atoms with van der Waals surface area (Å²) in [4.78, 5) is 25.3. The number of hydrogen-bond donors (Lipinski definition) is 0. The summed E-state index contributed by atoms with van der Waals surface area (Å²) in [5.74, 6) is 0. The number of rotatable bonds is 4. The number of non-ortho nitro benzene ring substituents is 1. The molecule has 0 N–H and O–H groups in total. The molecule has 24 heavy (non-hydrogen) atoms. The molecule has 0 fully saturated rings. The van der Waals surface area contributed by atoms with Gasteiger partial charge in [0.2, 0.25) is 0 Å². The van der Waals surface area contributed by atoms with Gasteiger partial charge in [-0.2, -0.15) is 0 Å². The highest BCUT2D eigenvalue weighted by Gasteiger charge is 2.18. The Bertz CT molecular complexity index is 830. The lowest BCUT2D eigenvalue weighted by atomic mass is 10.1. The van der Waals surface area contributed by atoms with Gasteiger partial charge in [0.05, 0.1) is 10.6 Å². The topological polar surface area (TPSA) is 73.3 Å². The Kier molecular flexibility index (Phi) is 4.35. The first kappa shape index (κ1) is 16.2. The van der Waals surface area contributed by atoms with Crippen LogP contribution >= 0.6 is 0 Å². The molecule has 0 amide bonds. The van der Waals surface area contributed by atoms with Crippen LogP contribution in [0.3, 0.4) is 0 Å². The Morgan fingerprint density at radius 2 is 1.79 bits per heavy atom. The fourth-order valence-corrected chi connectivity index (χ4v) is 2.89. The average Bonchev–Trinajstić information content (AvgIpc) is 2.96. The zero-order valence-electron chi connectivity index (χ0n) is 13.8. The lowest BCUT2D eigenvalue weighted by molar-refractivity contribution is -0.384. The predicted molar refractivity (Wildman–Crippen MR) is 92.3 cm³/mol. The number of nitro groups is 1. The van der Waals surface area contributed by atoms with E-state index in [1.165, 1.54) is 16.7 Å². The van der Waals surface area contributed by atoms with Crippen molar-refractivity contribution in [3.05, 3.63) is 63.3 Å². The minimum Gasteiger partial charge on any atom is -0.295 e. The zero-order valence-corrected chi connectivity index (χ0v) is 13.8. The first-order valence-corrected chi connectivity index (χ1v) is 7.95. The smallest absolute Gasteiger partial charge is 0.295 e. The van der Waals surface area contributed by atoms with Gasteiger partial charge < -0.3 is 0 Å². The molecule has 2 aromatic rings. The van der Waals surface area contributed by atoms with Gasteiger partial charge in [-0.1, -0.05) is 6.08 Å². The number of benzene rings is 1. The summed E-state index contributed by atoms with van der Waals surface area (Å²) >= 11 is 0. The molecule has 1 aromatic carbocycles. The fourth-order valence-electron chi connectivity index (χ4n) is 2.89. The third-order valence-corrected chi connectivity index (χ3v) is 4.32. The molecule has 0 aliphatic carbocycles. The lowest BCUT2D eigenvalue weighted by Gasteiger charge is -2.30. The summed E-state index contributed by atoms with van der Waals surface area (Å²) in [5.41, 5.74) is 1.43. The van der Waals surface area contributed by atoms with E-state index in [0.29, 0.717) is 11.7 Å². The third kappa shape index (κ3) is 3.03. The maximum Gasteiger partial charge on any atom is 0.337 e. The van der Waals surface area contributed by atoms with Gasteiger partial charge in [0, 0.05) is 49.4 Å². The van der Waals surface area contributed by atoms with Gasteiger partial charge in [0.25, 0.3) is 5.69 Å². The maximum atomic E-state index is 12.7. The van der Waals surface area contributed by atoms with Crippen LogP contribution < -0.4 is 5.69 Å². The Morgan fingerprint density at radius 1 is 1.12 bits per heavy atom. The van der Waals surface area contributed by atoms with Crippen molar-refractivity contribution >= 4 is 11.4 Å². The standard InChI is InChI=1S/C17H20N4O3/c1-13(2)18-9-3-4-16(12-18)20-11-10-19(17(20)22)14-5-7-15(8-6-14)21(23)24/h4-8,10-11,13H,3,9,12H2,1-2H3. The molecule has 1 aromatic heterocycles. The van der Waals surface area contributed by atoms with Gasteiger partial charge in [0.15, 0.2) is 0 Å². The van der Waals surface area contributed by atoms with Crippen molar-refractivity contribution in [3.63, 3.8) is 0 Å². The first-order chi connectivity index (χ1) is 11.5. The second-order valence-electron chi connectivity index (χ2n) is 6.14. The first-order valence-electron chi connectivity index (χ1n) is 7.95. The average molecular weight is 328 g/mol. The summed E-state index contributed by atoms with van der Waals surface area (Å²) in [7, 11) is 0. The second kappa shape index (κ2) is 6.45. The molecule has 1 aliphatic heterocycles. The Balaban J connectivity index is 1.90. The summed E-state index contributed by atoms with van der Waals surface area (Å²) in [6, 6.07) is 6.40. The molecule has 1 aliphatic rings. The van der Waals surface area contributed by atoms with Crippen molar-refractivity contribution in [2.45, 2.75) is 26.3 Å². The van der Waals surface area contributed by atoms with E-state index in [4.69, 9.17) is 0 Å². The van der Waals surface area contributed by atoms with E-state index in [-0.39, 0.29) is 11.4 Å². The molecule has 0 saturated heterocycles. The van der Waals surface area contributed by atoms with Gasteiger partial charge in [-0.05, 0) is 32.4 Å². The van der Waals surface area contributed by atoms with Crippen LogP contribution in [-0.2, 0) is 0 Å². The summed E-state index contributed by atoms with van der Waals surface area (Å²) in [5, 5.41) is 10.7. The SMILES string of the molecule is CC(C)N1CCC=C(n2ccn(-c3ccc([N+](=O)[O-])cc3)c2=O)C1. The van der Waals surface area contributed by atoms with E-state index in [0.717, 1.165) is 25.2 Å². The van der Waals surface area contributed by atoms with E-state index in [9.17, 15) is 14.9 Å². The van der Waals surface area contributed by atoms with E-state index < -0.39 is 4.92 Å². The molecule has 7 nitrogen and oxygen atoms in total. The second-order valence-corrected chi connectivity index (χ2v) is 6.14. The molecular weight excluding hydrogens is 308 g/mol. The molecule has 0 radical (unpaired) electrons. The fraction of sp³-hybridized carbons (Fsp3) is 0.353. The number of nitro benzene ring substituents is 1.